The Morgan fingerprint density at radius 2 is 1.90 bits per heavy atom. The van der Waals surface area contributed by atoms with Gasteiger partial charge in [0.15, 0.2) is 0 Å². The molecule has 1 N–H and O–H groups in total. The molecule has 0 aromatic heterocycles. The predicted molar refractivity (Wildman–Crippen MR) is 119 cm³/mol. The number of amides is 1. The Kier molecular flexibility index (Phi) is 7.92. The van der Waals surface area contributed by atoms with Crippen molar-refractivity contribution in [3.63, 3.8) is 0 Å². The summed E-state index contributed by atoms with van der Waals surface area (Å²) in [5.74, 6) is -0.0328. The zero-order valence-corrected chi connectivity index (χ0v) is 18.3. The fourth-order valence-electron chi connectivity index (χ4n) is 3.57. The van der Waals surface area contributed by atoms with E-state index in [1.54, 1.807) is 6.07 Å². The van der Waals surface area contributed by atoms with Gasteiger partial charge >= 0.3 is 0 Å². The highest BCUT2D eigenvalue weighted by atomic mass is 35.5. The Morgan fingerprint density at radius 3 is 2.59 bits per heavy atom. The summed E-state index contributed by atoms with van der Waals surface area (Å²) < 4.78 is 5.48. The molecule has 156 valence electrons. The highest BCUT2D eigenvalue weighted by Crippen LogP contribution is 2.31. The van der Waals surface area contributed by atoms with Crippen molar-refractivity contribution in [2.75, 3.05) is 45.7 Å². The zero-order chi connectivity index (χ0) is 20.8. The van der Waals surface area contributed by atoms with Crippen LogP contribution in [0.4, 0.5) is 5.69 Å². The first-order valence-corrected chi connectivity index (χ1v) is 10.5. The minimum Gasteiger partial charge on any atom is -0.379 e. The van der Waals surface area contributed by atoms with Crippen LogP contribution >= 0.6 is 23.2 Å². The lowest BCUT2D eigenvalue weighted by Crippen LogP contribution is -2.40. The van der Waals surface area contributed by atoms with Crippen molar-refractivity contribution >= 4 is 34.8 Å². The third-order valence-electron chi connectivity index (χ3n) is 4.90. The number of rotatable bonds is 7. The lowest BCUT2D eigenvalue weighted by molar-refractivity contribution is -0.118. The Labute approximate surface area is 182 Å². The Bertz CT molecular complexity index is 839. The van der Waals surface area contributed by atoms with Gasteiger partial charge in [-0.1, -0.05) is 41.4 Å². The van der Waals surface area contributed by atoms with Crippen LogP contribution in [0.15, 0.2) is 42.5 Å². The van der Waals surface area contributed by atoms with Crippen LogP contribution in [-0.2, 0) is 16.1 Å². The fourth-order valence-corrected chi connectivity index (χ4v) is 3.87. The van der Waals surface area contributed by atoms with E-state index in [9.17, 15) is 4.79 Å². The highest BCUT2D eigenvalue weighted by molar-refractivity contribution is 6.42. The van der Waals surface area contributed by atoms with Crippen LogP contribution < -0.4 is 5.32 Å². The third-order valence-corrected chi connectivity index (χ3v) is 5.64. The molecule has 7 heteroatoms. The quantitative estimate of drug-likeness (QED) is 0.697. The Morgan fingerprint density at radius 1 is 1.14 bits per heavy atom. The monoisotopic (exact) mass is 435 g/mol. The number of hydrogen-bond donors (Lipinski definition) is 1. The number of morpholine rings is 1. The largest absolute Gasteiger partial charge is 0.379 e. The summed E-state index contributed by atoms with van der Waals surface area (Å²) in [5, 5.41) is 4.06. The molecule has 1 aliphatic rings. The van der Waals surface area contributed by atoms with E-state index in [2.05, 4.69) is 21.2 Å². The summed E-state index contributed by atoms with van der Waals surface area (Å²) in [6, 6.07) is 13.5. The maximum atomic E-state index is 12.9. The molecule has 1 amide bonds. The molecule has 29 heavy (non-hydrogen) atoms. The van der Waals surface area contributed by atoms with E-state index in [1.807, 2.05) is 44.4 Å². The van der Waals surface area contributed by atoms with Gasteiger partial charge in [-0.05, 0) is 49.5 Å². The summed E-state index contributed by atoms with van der Waals surface area (Å²) in [6.45, 7) is 3.69. The van der Waals surface area contributed by atoms with Gasteiger partial charge in [-0.25, -0.2) is 0 Å². The number of benzene rings is 2. The highest BCUT2D eigenvalue weighted by Gasteiger charge is 2.25. The molecule has 1 heterocycles. The average Bonchev–Trinajstić information content (AvgIpc) is 2.69. The molecule has 1 fully saturated rings. The molecule has 1 aliphatic heterocycles. The smallest absolute Gasteiger partial charge is 0.226 e. The minimum atomic E-state index is -0.0846. The fraction of sp³-hybridized carbons (Fsp3) is 0.409. The molecular weight excluding hydrogens is 409 g/mol. The molecule has 2 aromatic carbocycles. The lowest BCUT2D eigenvalue weighted by Gasteiger charge is -2.34. The molecule has 0 aliphatic carbocycles. The summed E-state index contributed by atoms with van der Waals surface area (Å²) in [6.07, 6.45) is 0.329. The summed E-state index contributed by atoms with van der Waals surface area (Å²) in [4.78, 5) is 17.3. The van der Waals surface area contributed by atoms with E-state index in [0.717, 1.165) is 36.4 Å². The van der Waals surface area contributed by atoms with Gasteiger partial charge < -0.3 is 15.0 Å². The van der Waals surface area contributed by atoms with Gasteiger partial charge in [-0.3, -0.25) is 9.69 Å². The molecule has 2 aromatic rings. The van der Waals surface area contributed by atoms with Gasteiger partial charge in [0.2, 0.25) is 5.91 Å². The standard InChI is InChI=1S/C22H27Cl2N3O2/c1-26(2)15-16-4-3-5-18(12-16)25-22(28)14-21(27-8-10-29-11-9-27)17-6-7-19(23)20(24)13-17/h3-7,12-13,21H,8-11,14-15H2,1-2H3,(H,25,28). The van der Waals surface area contributed by atoms with Crippen molar-refractivity contribution < 1.29 is 9.53 Å². The maximum Gasteiger partial charge on any atom is 0.226 e. The first-order chi connectivity index (χ1) is 13.9. The first-order valence-electron chi connectivity index (χ1n) is 9.72. The van der Waals surface area contributed by atoms with E-state index in [-0.39, 0.29) is 11.9 Å². The van der Waals surface area contributed by atoms with Gasteiger partial charge in [-0.2, -0.15) is 0 Å². The van der Waals surface area contributed by atoms with Crippen LogP contribution in [0.1, 0.15) is 23.6 Å². The predicted octanol–water partition coefficient (Wildman–Crippen LogP) is 4.46. The van der Waals surface area contributed by atoms with Crippen LogP contribution in [0.25, 0.3) is 0 Å². The second-order valence-corrected chi connectivity index (χ2v) is 8.34. The van der Waals surface area contributed by atoms with Gasteiger partial charge in [-0.15, -0.1) is 0 Å². The van der Waals surface area contributed by atoms with E-state index in [4.69, 9.17) is 27.9 Å². The number of nitrogens with zero attached hydrogens (tertiary/aromatic N) is 2. The number of hydrogen-bond acceptors (Lipinski definition) is 4. The molecule has 3 rings (SSSR count). The number of carbonyl (C=O) groups excluding carboxylic acids is 1. The number of carbonyl (C=O) groups is 1. The van der Waals surface area contributed by atoms with Crippen molar-refractivity contribution in [3.05, 3.63) is 63.6 Å². The average molecular weight is 436 g/mol. The van der Waals surface area contributed by atoms with Crippen LogP contribution in [0, 0.1) is 0 Å². The summed E-state index contributed by atoms with van der Waals surface area (Å²) in [5.41, 5.74) is 2.95. The minimum absolute atomic E-state index is 0.0328. The molecule has 0 spiro atoms. The van der Waals surface area contributed by atoms with Crippen molar-refractivity contribution in [1.82, 2.24) is 9.80 Å². The molecule has 1 saturated heterocycles. The summed E-state index contributed by atoms with van der Waals surface area (Å²) in [7, 11) is 4.05. The molecule has 0 radical (unpaired) electrons. The van der Waals surface area contributed by atoms with Crippen molar-refractivity contribution in [2.24, 2.45) is 0 Å². The van der Waals surface area contributed by atoms with Crippen LogP contribution in [-0.4, -0.2) is 56.1 Å². The van der Waals surface area contributed by atoms with Crippen LogP contribution in [0.3, 0.4) is 0 Å². The molecule has 1 unspecified atom stereocenters. The van der Waals surface area contributed by atoms with Gasteiger partial charge in [0.25, 0.3) is 0 Å². The molecule has 0 bridgehead atoms. The Balaban J connectivity index is 1.74. The van der Waals surface area contributed by atoms with Crippen molar-refractivity contribution in [1.29, 1.82) is 0 Å². The number of halogens is 2. The SMILES string of the molecule is CN(C)Cc1cccc(NC(=O)CC(c2ccc(Cl)c(Cl)c2)N2CCOCC2)c1. The number of nitrogens with one attached hydrogen (secondary N) is 1. The van der Waals surface area contributed by atoms with E-state index >= 15 is 0 Å². The zero-order valence-electron chi connectivity index (χ0n) is 16.8. The number of anilines is 1. The molecule has 0 saturated carbocycles. The van der Waals surface area contributed by atoms with E-state index < -0.39 is 0 Å². The number of ether oxygens (including phenoxy) is 1. The van der Waals surface area contributed by atoms with E-state index in [1.165, 1.54) is 0 Å². The molecular formula is C22H27Cl2N3O2. The maximum absolute atomic E-state index is 12.9. The first kappa shape index (κ1) is 22.1. The second-order valence-electron chi connectivity index (χ2n) is 7.53. The Hall–Kier alpha value is -1.63. The molecule has 1 atom stereocenters. The van der Waals surface area contributed by atoms with Crippen molar-refractivity contribution in [3.8, 4) is 0 Å². The van der Waals surface area contributed by atoms with Gasteiger partial charge in [0.1, 0.15) is 0 Å². The van der Waals surface area contributed by atoms with Crippen molar-refractivity contribution in [2.45, 2.75) is 19.0 Å². The normalized spacial score (nSPS) is 16.0. The van der Waals surface area contributed by atoms with Crippen LogP contribution in [0.5, 0.6) is 0 Å². The van der Waals surface area contributed by atoms with Gasteiger partial charge in [0, 0.05) is 37.8 Å². The second kappa shape index (κ2) is 10.4. The third kappa shape index (κ3) is 6.43. The topological polar surface area (TPSA) is 44.8 Å². The van der Waals surface area contributed by atoms with Crippen LogP contribution in [0.2, 0.25) is 10.0 Å². The van der Waals surface area contributed by atoms with E-state index in [0.29, 0.717) is 29.7 Å². The van der Waals surface area contributed by atoms with Gasteiger partial charge in [0.05, 0.1) is 23.3 Å². The lowest BCUT2D eigenvalue weighted by atomic mass is 10.0. The molecule has 5 nitrogen and oxygen atoms in total. The summed E-state index contributed by atoms with van der Waals surface area (Å²) >= 11 is 12.3.